The molecule has 0 bridgehead atoms. The number of aliphatic carboxylic acids is 1. The van der Waals surface area contributed by atoms with Gasteiger partial charge in [-0.15, -0.1) is 0 Å². The zero-order valence-corrected chi connectivity index (χ0v) is 13.4. The van der Waals surface area contributed by atoms with Gasteiger partial charge < -0.3 is 9.67 Å². The molecule has 104 valence electrons. The highest BCUT2D eigenvalue weighted by Crippen LogP contribution is 2.25. The number of carboxylic acid groups (broad SMARTS) is 1. The Hall–Kier alpha value is -1.55. The van der Waals surface area contributed by atoms with Crippen LogP contribution in [0.5, 0.6) is 0 Å². The molecule has 0 aromatic heterocycles. The molecule has 0 radical (unpaired) electrons. The van der Waals surface area contributed by atoms with Crippen molar-refractivity contribution < 1.29 is 9.90 Å². The Bertz CT molecular complexity index is 475. The van der Waals surface area contributed by atoms with Crippen LogP contribution >= 0.6 is 0 Å². The summed E-state index contributed by atoms with van der Waals surface area (Å²) in [6, 6.07) is 9.34. The van der Waals surface area contributed by atoms with Crippen LogP contribution in [-0.2, 0) is 4.79 Å². The Morgan fingerprint density at radius 1 is 1.21 bits per heavy atom. The van der Waals surface area contributed by atoms with Gasteiger partial charge in [-0.25, -0.2) is 4.79 Å². The van der Waals surface area contributed by atoms with E-state index in [1.165, 1.54) is 0 Å². The maximum absolute atomic E-state index is 11.6. The smallest absolute Gasteiger partial charge is 0.338 e. The first kappa shape index (κ1) is 15.5. The van der Waals surface area contributed by atoms with Gasteiger partial charge in [0, 0.05) is 12.2 Å². The SMILES string of the molecule is CCN(/C(C)=C(\C(=O)O)c1ccccc1)[Si](C)(C)C. The van der Waals surface area contributed by atoms with E-state index in [4.69, 9.17) is 0 Å². The maximum atomic E-state index is 11.6. The van der Waals surface area contributed by atoms with E-state index in [9.17, 15) is 9.90 Å². The first-order valence-corrected chi connectivity index (χ1v) is 10.0. The van der Waals surface area contributed by atoms with E-state index in [0.29, 0.717) is 5.57 Å². The topological polar surface area (TPSA) is 40.5 Å². The van der Waals surface area contributed by atoms with Crippen molar-refractivity contribution >= 4 is 19.8 Å². The molecule has 19 heavy (non-hydrogen) atoms. The van der Waals surface area contributed by atoms with E-state index in [1.807, 2.05) is 37.3 Å². The molecule has 1 aromatic rings. The van der Waals surface area contributed by atoms with Crippen molar-refractivity contribution in [2.75, 3.05) is 6.54 Å². The lowest BCUT2D eigenvalue weighted by Gasteiger charge is -2.37. The van der Waals surface area contributed by atoms with Gasteiger partial charge in [0.2, 0.25) is 0 Å². The number of nitrogens with zero attached hydrogens (tertiary/aromatic N) is 1. The molecule has 0 fully saturated rings. The Labute approximate surface area is 116 Å². The fraction of sp³-hybridized carbons (Fsp3) is 0.400. The normalized spacial score (nSPS) is 12.9. The Morgan fingerprint density at radius 3 is 2.11 bits per heavy atom. The van der Waals surface area contributed by atoms with Gasteiger partial charge in [0.15, 0.2) is 0 Å². The van der Waals surface area contributed by atoms with Crippen LogP contribution in [0.1, 0.15) is 19.4 Å². The van der Waals surface area contributed by atoms with E-state index in [1.54, 1.807) is 0 Å². The van der Waals surface area contributed by atoms with Gasteiger partial charge in [-0.05, 0) is 19.4 Å². The van der Waals surface area contributed by atoms with Crippen LogP contribution in [0.2, 0.25) is 19.6 Å². The lowest BCUT2D eigenvalue weighted by atomic mass is 10.0. The van der Waals surface area contributed by atoms with Gasteiger partial charge in [0.1, 0.15) is 8.24 Å². The monoisotopic (exact) mass is 277 g/mol. The first-order valence-electron chi connectivity index (χ1n) is 6.56. The summed E-state index contributed by atoms with van der Waals surface area (Å²) in [5, 5.41) is 9.54. The second kappa shape index (κ2) is 6.06. The number of carbonyl (C=O) groups is 1. The maximum Gasteiger partial charge on any atom is 0.338 e. The quantitative estimate of drug-likeness (QED) is 0.659. The van der Waals surface area contributed by atoms with Gasteiger partial charge >= 0.3 is 5.97 Å². The van der Waals surface area contributed by atoms with Crippen molar-refractivity contribution in [1.82, 2.24) is 4.57 Å². The van der Waals surface area contributed by atoms with Crippen LogP contribution in [0, 0.1) is 0 Å². The molecule has 1 N–H and O–H groups in total. The molecule has 0 aliphatic heterocycles. The second-order valence-electron chi connectivity index (χ2n) is 5.55. The average molecular weight is 277 g/mol. The third kappa shape index (κ3) is 3.70. The molecular weight excluding hydrogens is 254 g/mol. The van der Waals surface area contributed by atoms with Crippen molar-refractivity contribution in [2.45, 2.75) is 33.5 Å². The second-order valence-corrected chi connectivity index (χ2v) is 10.4. The van der Waals surface area contributed by atoms with E-state index in [2.05, 4.69) is 31.1 Å². The summed E-state index contributed by atoms with van der Waals surface area (Å²) in [7, 11) is -1.58. The third-order valence-electron chi connectivity index (χ3n) is 3.17. The predicted octanol–water partition coefficient (Wildman–Crippen LogP) is 3.66. The third-order valence-corrected chi connectivity index (χ3v) is 5.44. The van der Waals surface area contributed by atoms with E-state index < -0.39 is 14.2 Å². The van der Waals surface area contributed by atoms with E-state index in [0.717, 1.165) is 17.8 Å². The minimum atomic E-state index is -1.58. The highest BCUT2D eigenvalue weighted by Gasteiger charge is 2.26. The molecule has 0 heterocycles. The average Bonchev–Trinajstić information content (AvgIpc) is 2.28. The highest BCUT2D eigenvalue weighted by molar-refractivity contribution is 6.73. The molecule has 0 saturated heterocycles. The molecular formula is C15H23NO2Si. The molecule has 0 aliphatic rings. The standard InChI is InChI=1S/C15H23NO2Si/c1-6-16(19(3,4)5)12(2)14(15(17)18)13-10-8-7-9-11-13/h7-11H,6H2,1-5H3,(H,17,18)/b14-12-. The van der Waals surface area contributed by atoms with Gasteiger partial charge in [0.05, 0.1) is 5.57 Å². The molecule has 3 nitrogen and oxygen atoms in total. The molecule has 1 rings (SSSR count). The Morgan fingerprint density at radius 2 is 1.74 bits per heavy atom. The van der Waals surface area contributed by atoms with Crippen LogP contribution in [0.15, 0.2) is 36.0 Å². The van der Waals surface area contributed by atoms with Gasteiger partial charge in [-0.2, -0.15) is 0 Å². The molecule has 1 aromatic carbocycles. The summed E-state index contributed by atoms with van der Waals surface area (Å²) in [5.41, 5.74) is 2.04. The summed E-state index contributed by atoms with van der Waals surface area (Å²) >= 11 is 0. The van der Waals surface area contributed by atoms with Gasteiger partial charge in [-0.1, -0.05) is 50.0 Å². The summed E-state index contributed by atoms with van der Waals surface area (Å²) in [5.74, 6) is -0.861. The van der Waals surface area contributed by atoms with Gasteiger partial charge in [0.25, 0.3) is 0 Å². The lowest BCUT2D eigenvalue weighted by molar-refractivity contribution is -0.130. The summed E-state index contributed by atoms with van der Waals surface area (Å²) in [6.07, 6.45) is 0. The van der Waals surface area contributed by atoms with Crippen molar-refractivity contribution in [3.8, 4) is 0 Å². The minimum Gasteiger partial charge on any atom is -0.478 e. The van der Waals surface area contributed by atoms with Crippen molar-refractivity contribution in [2.24, 2.45) is 0 Å². The number of carboxylic acids is 1. The van der Waals surface area contributed by atoms with Crippen molar-refractivity contribution in [1.29, 1.82) is 0 Å². The Kier molecular flexibility index (Phi) is 4.95. The van der Waals surface area contributed by atoms with Crippen LogP contribution in [0.25, 0.3) is 5.57 Å². The zero-order chi connectivity index (χ0) is 14.6. The largest absolute Gasteiger partial charge is 0.478 e. The highest BCUT2D eigenvalue weighted by atomic mass is 28.3. The van der Waals surface area contributed by atoms with Crippen molar-refractivity contribution in [3.05, 3.63) is 41.6 Å². The molecule has 4 heteroatoms. The summed E-state index contributed by atoms with van der Waals surface area (Å²) in [6.45, 7) is 11.5. The van der Waals surface area contributed by atoms with E-state index in [-0.39, 0.29) is 0 Å². The molecule has 0 unspecified atom stereocenters. The number of allylic oxidation sites excluding steroid dienone is 1. The van der Waals surface area contributed by atoms with Crippen LogP contribution in [0.3, 0.4) is 0 Å². The van der Waals surface area contributed by atoms with Crippen LogP contribution < -0.4 is 0 Å². The van der Waals surface area contributed by atoms with E-state index >= 15 is 0 Å². The zero-order valence-electron chi connectivity index (χ0n) is 12.4. The fourth-order valence-electron chi connectivity index (χ4n) is 2.44. The molecule has 0 spiro atoms. The summed E-state index contributed by atoms with van der Waals surface area (Å²) < 4.78 is 2.25. The fourth-order valence-corrected chi connectivity index (χ4v) is 4.51. The molecule has 0 aliphatic carbocycles. The predicted molar refractivity (Wildman–Crippen MR) is 82.4 cm³/mol. The van der Waals surface area contributed by atoms with Crippen LogP contribution in [-0.4, -0.2) is 30.4 Å². The first-order chi connectivity index (χ1) is 8.79. The van der Waals surface area contributed by atoms with Crippen LogP contribution in [0.4, 0.5) is 0 Å². The van der Waals surface area contributed by atoms with Crippen molar-refractivity contribution in [3.63, 3.8) is 0 Å². The molecule has 0 amide bonds. The number of rotatable bonds is 5. The number of hydrogen-bond acceptors (Lipinski definition) is 2. The van der Waals surface area contributed by atoms with Gasteiger partial charge in [-0.3, -0.25) is 0 Å². The Balaban J connectivity index is 3.38. The molecule has 0 saturated carbocycles. The summed E-state index contributed by atoms with van der Waals surface area (Å²) in [4.78, 5) is 11.6. The number of hydrogen-bond donors (Lipinski definition) is 1. The minimum absolute atomic E-state index is 0.407. The lowest BCUT2D eigenvalue weighted by Crippen LogP contribution is -2.45. The number of benzene rings is 1. The molecule has 0 atom stereocenters.